The second-order valence-electron chi connectivity index (χ2n) is 5.61. The molecule has 0 aromatic heterocycles. The third kappa shape index (κ3) is 5.33. The van der Waals surface area contributed by atoms with Gasteiger partial charge in [0.2, 0.25) is 0 Å². The minimum Gasteiger partial charge on any atom is -0.389 e. The first-order valence-corrected chi connectivity index (χ1v) is 6.32. The van der Waals surface area contributed by atoms with E-state index in [1.54, 1.807) is 0 Å². The minimum absolute atomic E-state index is 0.630. The van der Waals surface area contributed by atoms with Crippen LogP contribution in [0, 0.1) is 13.8 Å². The highest BCUT2D eigenvalue weighted by atomic mass is 16.3. The van der Waals surface area contributed by atoms with Gasteiger partial charge in [-0.3, -0.25) is 4.90 Å². The van der Waals surface area contributed by atoms with Crippen molar-refractivity contribution in [2.75, 3.05) is 13.1 Å². The van der Waals surface area contributed by atoms with Gasteiger partial charge >= 0.3 is 0 Å². The first kappa shape index (κ1) is 14.2. The molecule has 0 aliphatic heterocycles. The standard InChI is InChI=1S/C15H25NO/c1-6-16(11-15(4,5)17)10-14-8-12(2)7-13(3)9-14/h7-9,17H,6,10-11H2,1-5H3. The van der Waals surface area contributed by atoms with Crippen LogP contribution in [0.3, 0.4) is 0 Å². The van der Waals surface area contributed by atoms with E-state index < -0.39 is 5.60 Å². The van der Waals surface area contributed by atoms with Crippen molar-refractivity contribution >= 4 is 0 Å². The lowest BCUT2D eigenvalue weighted by molar-refractivity contribution is 0.0353. The first-order valence-electron chi connectivity index (χ1n) is 6.32. The number of rotatable bonds is 5. The fourth-order valence-corrected chi connectivity index (χ4v) is 2.25. The Morgan fingerprint density at radius 2 is 1.65 bits per heavy atom. The number of benzene rings is 1. The van der Waals surface area contributed by atoms with Crippen LogP contribution >= 0.6 is 0 Å². The number of aryl methyl sites for hydroxylation is 2. The summed E-state index contributed by atoms with van der Waals surface area (Å²) >= 11 is 0. The van der Waals surface area contributed by atoms with Gasteiger partial charge < -0.3 is 5.11 Å². The highest BCUT2D eigenvalue weighted by molar-refractivity contribution is 5.28. The van der Waals surface area contributed by atoms with Crippen molar-refractivity contribution in [3.05, 3.63) is 34.9 Å². The number of nitrogens with zero attached hydrogens (tertiary/aromatic N) is 1. The van der Waals surface area contributed by atoms with Gasteiger partial charge in [0.05, 0.1) is 5.60 Å². The third-order valence-electron chi connectivity index (χ3n) is 2.75. The summed E-state index contributed by atoms with van der Waals surface area (Å²) < 4.78 is 0. The van der Waals surface area contributed by atoms with Crippen molar-refractivity contribution in [1.82, 2.24) is 4.90 Å². The minimum atomic E-state index is -0.630. The summed E-state index contributed by atoms with van der Waals surface area (Å²) in [7, 11) is 0. The predicted molar refractivity (Wildman–Crippen MR) is 73.2 cm³/mol. The van der Waals surface area contributed by atoms with Crippen LogP contribution < -0.4 is 0 Å². The summed E-state index contributed by atoms with van der Waals surface area (Å²) in [5.41, 5.74) is 3.31. The average Bonchev–Trinajstić information content (AvgIpc) is 2.12. The van der Waals surface area contributed by atoms with E-state index in [4.69, 9.17) is 0 Å². The van der Waals surface area contributed by atoms with E-state index in [1.807, 2.05) is 13.8 Å². The molecular weight excluding hydrogens is 210 g/mol. The average molecular weight is 235 g/mol. The molecule has 0 heterocycles. The molecule has 1 rings (SSSR count). The Hall–Kier alpha value is -0.860. The van der Waals surface area contributed by atoms with E-state index >= 15 is 0 Å². The molecule has 0 aliphatic rings. The summed E-state index contributed by atoms with van der Waals surface area (Å²) in [6, 6.07) is 6.63. The van der Waals surface area contributed by atoms with Crippen LogP contribution in [0.4, 0.5) is 0 Å². The van der Waals surface area contributed by atoms with Crippen LogP contribution in [-0.4, -0.2) is 28.7 Å². The third-order valence-corrected chi connectivity index (χ3v) is 2.75. The van der Waals surface area contributed by atoms with Gasteiger partial charge in [-0.25, -0.2) is 0 Å². The molecule has 17 heavy (non-hydrogen) atoms. The second-order valence-corrected chi connectivity index (χ2v) is 5.61. The highest BCUT2D eigenvalue weighted by Gasteiger charge is 2.17. The zero-order valence-electron chi connectivity index (χ0n) is 11.7. The van der Waals surface area contributed by atoms with Crippen LogP contribution in [0.2, 0.25) is 0 Å². The molecule has 1 N–H and O–H groups in total. The van der Waals surface area contributed by atoms with E-state index in [-0.39, 0.29) is 0 Å². The quantitative estimate of drug-likeness (QED) is 0.848. The Morgan fingerprint density at radius 1 is 1.12 bits per heavy atom. The number of likely N-dealkylation sites (N-methyl/N-ethyl adjacent to an activating group) is 1. The van der Waals surface area contributed by atoms with Gasteiger partial charge in [-0.1, -0.05) is 36.2 Å². The molecule has 0 spiro atoms. The molecule has 2 heteroatoms. The van der Waals surface area contributed by atoms with Gasteiger partial charge in [-0.15, -0.1) is 0 Å². The Labute approximate surface area is 105 Å². The van der Waals surface area contributed by atoms with Gasteiger partial charge in [-0.2, -0.15) is 0 Å². The molecule has 0 saturated heterocycles. The Bertz CT molecular complexity index is 345. The molecule has 0 atom stereocenters. The van der Waals surface area contributed by atoms with Gasteiger partial charge in [0.15, 0.2) is 0 Å². The molecular formula is C15H25NO. The van der Waals surface area contributed by atoms with Gasteiger partial charge in [0.1, 0.15) is 0 Å². The summed E-state index contributed by atoms with van der Waals surface area (Å²) in [6.45, 7) is 12.7. The lowest BCUT2D eigenvalue weighted by atomic mass is 10.1. The largest absolute Gasteiger partial charge is 0.389 e. The molecule has 0 aliphatic carbocycles. The zero-order chi connectivity index (χ0) is 13.1. The molecule has 0 amide bonds. The Balaban J connectivity index is 2.73. The maximum absolute atomic E-state index is 9.86. The first-order chi connectivity index (χ1) is 7.80. The lowest BCUT2D eigenvalue weighted by Crippen LogP contribution is -2.38. The molecule has 2 nitrogen and oxygen atoms in total. The molecule has 0 saturated carbocycles. The van der Waals surface area contributed by atoms with Crippen molar-refractivity contribution in [3.8, 4) is 0 Å². The second kappa shape index (κ2) is 5.65. The molecule has 0 fully saturated rings. The van der Waals surface area contributed by atoms with E-state index in [2.05, 4.69) is 43.9 Å². The fraction of sp³-hybridized carbons (Fsp3) is 0.600. The van der Waals surface area contributed by atoms with Crippen molar-refractivity contribution < 1.29 is 5.11 Å². The maximum atomic E-state index is 9.86. The van der Waals surface area contributed by atoms with Crippen molar-refractivity contribution in [3.63, 3.8) is 0 Å². The number of aliphatic hydroxyl groups is 1. The smallest absolute Gasteiger partial charge is 0.0718 e. The van der Waals surface area contributed by atoms with Crippen LogP contribution in [0.1, 0.15) is 37.5 Å². The lowest BCUT2D eigenvalue weighted by Gasteiger charge is -2.28. The van der Waals surface area contributed by atoms with Crippen LogP contribution in [-0.2, 0) is 6.54 Å². The van der Waals surface area contributed by atoms with E-state index in [0.717, 1.165) is 13.1 Å². The van der Waals surface area contributed by atoms with Crippen molar-refractivity contribution in [2.24, 2.45) is 0 Å². The summed E-state index contributed by atoms with van der Waals surface area (Å²) in [4.78, 5) is 2.27. The maximum Gasteiger partial charge on any atom is 0.0718 e. The number of hydrogen-bond donors (Lipinski definition) is 1. The van der Waals surface area contributed by atoms with Gasteiger partial charge in [-0.05, 0) is 39.8 Å². The SMILES string of the molecule is CCN(Cc1cc(C)cc(C)c1)CC(C)(C)O. The zero-order valence-corrected chi connectivity index (χ0v) is 11.7. The van der Waals surface area contributed by atoms with E-state index in [0.29, 0.717) is 6.54 Å². The van der Waals surface area contributed by atoms with Gasteiger partial charge in [0, 0.05) is 13.1 Å². The summed E-state index contributed by atoms with van der Waals surface area (Å²) in [5, 5.41) is 9.86. The molecule has 0 bridgehead atoms. The van der Waals surface area contributed by atoms with E-state index in [9.17, 15) is 5.11 Å². The Kier molecular flexibility index (Phi) is 4.72. The fourth-order valence-electron chi connectivity index (χ4n) is 2.25. The summed E-state index contributed by atoms with van der Waals surface area (Å²) in [6.07, 6.45) is 0. The topological polar surface area (TPSA) is 23.5 Å². The molecule has 0 unspecified atom stereocenters. The Morgan fingerprint density at radius 3 is 2.06 bits per heavy atom. The molecule has 0 radical (unpaired) electrons. The van der Waals surface area contributed by atoms with Crippen molar-refractivity contribution in [1.29, 1.82) is 0 Å². The summed E-state index contributed by atoms with van der Waals surface area (Å²) in [5.74, 6) is 0. The van der Waals surface area contributed by atoms with Crippen LogP contribution in [0.15, 0.2) is 18.2 Å². The predicted octanol–water partition coefficient (Wildman–Crippen LogP) is 2.90. The molecule has 1 aromatic rings. The van der Waals surface area contributed by atoms with E-state index in [1.165, 1.54) is 16.7 Å². The van der Waals surface area contributed by atoms with Gasteiger partial charge in [0.25, 0.3) is 0 Å². The monoisotopic (exact) mass is 235 g/mol. The van der Waals surface area contributed by atoms with Crippen LogP contribution in [0.5, 0.6) is 0 Å². The molecule has 96 valence electrons. The number of hydrogen-bond acceptors (Lipinski definition) is 2. The molecule has 1 aromatic carbocycles. The highest BCUT2D eigenvalue weighted by Crippen LogP contribution is 2.13. The van der Waals surface area contributed by atoms with Crippen LogP contribution in [0.25, 0.3) is 0 Å². The normalized spacial score (nSPS) is 12.2. The van der Waals surface area contributed by atoms with Crippen molar-refractivity contribution in [2.45, 2.75) is 46.8 Å².